The van der Waals surface area contributed by atoms with Gasteiger partial charge in [0.05, 0.1) is 1.37 Å². The van der Waals surface area contributed by atoms with E-state index in [0.29, 0.717) is 22.3 Å². The summed E-state index contributed by atoms with van der Waals surface area (Å²) < 4.78 is 54.2. The molecule has 0 radical (unpaired) electrons. The molecule has 0 bridgehead atoms. The van der Waals surface area contributed by atoms with Gasteiger partial charge in [-0.05, 0) is 29.0 Å². The topological polar surface area (TPSA) is 79.8 Å². The zero-order valence-electron chi connectivity index (χ0n) is 14.2. The fourth-order valence-electron chi connectivity index (χ4n) is 2.15. The van der Waals surface area contributed by atoms with Crippen LogP contribution in [0.1, 0.15) is 12.6 Å². The molecule has 8 nitrogen and oxygen atoms in total. The largest absolute Gasteiger partial charge is 0.490 e. The molecule has 0 spiro atoms. The highest BCUT2D eigenvalue weighted by Gasteiger charge is 2.35. The first-order chi connectivity index (χ1) is 12.2. The molecule has 0 aliphatic heterocycles. The second kappa shape index (κ2) is 6.07. The Morgan fingerprint density at radius 3 is 2.68 bits per heavy atom. The number of halogens is 3. The van der Waals surface area contributed by atoms with E-state index in [4.69, 9.17) is 6.11 Å². The Morgan fingerprint density at radius 2 is 2.08 bits per heavy atom. The van der Waals surface area contributed by atoms with Gasteiger partial charge in [-0.2, -0.15) is 4.68 Å². The van der Waals surface area contributed by atoms with E-state index in [-0.39, 0.29) is 16.4 Å². The zero-order valence-corrected chi connectivity index (χ0v) is 13.2. The number of imidazole rings is 1. The van der Waals surface area contributed by atoms with E-state index in [9.17, 15) is 18.0 Å². The molecule has 0 saturated heterocycles. The molecule has 1 aromatic carbocycles. The van der Waals surface area contributed by atoms with Crippen LogP contribution in [0.5, 0.6) is 5.75 Å². The van der Waals surface area contributed by atoms with Crippen molar-refractivity contribution in [2.75, 3.05) is 0 Å². The number of tetrazole rings is 1. The lowest BCUT2D eigenvalue weighted by Gasteiger charge is -2.14. The Labute approximate surface area is 140 Å². The summed E-state index contributed by atoms with van der Waals surface area (Å²) in [7, 11) is 1.31. The number of rotatable bonds is 4. The fourth-order valence-corrected chi connectivity index (χ4v) is 2.15. The Hall–Kier alpha value is -3.11. The van der Waals surface area contributed by atoms with E-state index in [1.165, 1.54) is 25.2 Å². The van der Waals surface area contributed by atoms with Crippen molar-refractivity contribution in [3.63, 3.8) is 0 Å². The summed E-state index contributed by atoms with van der Waals surface area (Å²) in [6.07, 6.45) is -4.20. The van der Waals surface area contributed by atoms with Crippen molar-refractivity contribution in [3.8, 4) is 11.6 Å². The van der Waals surface area contributed by atoms with Crippen molar-refractivity contribution in [1.82, 2.24) is 29.3 Å². The van der Waals surface area contributed by atoms with Gasteiger partial charge in [0.25, 0.3) is 0 Å². The molecule has 2 heterocycles. The molecule has 3 rings (SSSR count). The second-order valence-corrected chi connectivity index (χ2v) is 5.13. The van der Waals surface area contributed by atoms with Crippen LogP contribution in [0.4, 0.5) is 13.2 Å². The highest BCUT2D eigenvalue weighted by molar-refractivity contribution is 5.33. The molecule has 0 atom stereocenters. The molecule has 0 fully saturated rings. The van der Waals surface area contributed by atoms with Crippen molar-refractivity contribution < 1.29 is 19.3 Å². The van der Waals surface area contributed by atoms with Crippen LogP contribution in [0.2, 0.25) is 0 Å². The fraction of sp³-hybridized carbons (Fsp3) is 0.286. The van der Waals surface area contributed by atoms with E-state index in [1.807, 2.05) is 0 Å². The van der Waals surface area contributed by atoms with Crippen molar-refractivity contribution >= 4 is 0 Å². The van der Waals surface area contributed by atoms with Gasteiger partial charge < -0.3 is 4.74 Å². The molecule has 132 valence electrons. The Balaban J connectivity index is 2.02. The lowest BCUT2D eigenvalue weighted by Crippen LogP contribution is -2.25. The van der Waals surface area contributed by atoms with Crippen LogP contribution < -0.4 is 10.4 Å². The maximum Gasteiger partial charge on any atom is 0.490 e. The van der Waals surface area contributed by atoms with Gasteiger partial charge in [-0.25, -0.2) is 14.3 Å². The lowest BCUT2D eigenvalue weighted by molar-refractivity contribution is -0.206. The normalized spacial score (nSPS) is 12.3. The highest BCUT2D eigenvalue weighted by atomic mass is 19.4. The minimum absolute atomic E-state index is 0.0440. The number of hydrogen-bond donors (Lipinski definition) is 0. The van der Waals surface area contributed by atoms with Crippen molar-refractivity contribution in [2.45, 2.75) is 19.8 Å². The monoisotopic (exact) mass is 356 g/mol. The van der Waals surface area contributed by atoms with Crippen LogP contribution in [-0.2, 0) is 20.0 Å². The average Bonchev–Trinajstić information content (AvgIpc) is 3.10. The maximum atomic E-state index is 13.3. The molecule has 0 aliphatic carbocycles. The summed E-state index contributed by atoms with van der Waals surface area (Å²) in [5.74, 6) is -0.0106. The smallest absolute Gasteiger partial charge is 0.487 e. The number of aromatic nitrogens is 6. The van der Waals surface area contributed by atoms with E-state index < -0.39 is 24.3 Å². The molecule has 0 amide bonds. The van der Waals surface area contributed by atoms with Gasteiger partial charge in [-0.15, -0.1) is 17.9 Å². The number of aryl methyl sites for hydroxylation is 2. The summed E-state index contributed by atoms with van der Waals surface area (Å²) in [6, 6.07) is 4.71. The first kappa shape index (κ1) is 15.4. The van der Waals surface area contributed by atoms with Gasteiger partial charge in [0.2, 0.25) is 0 Å². The number of nitrogens with zero attached hydrogens (tertiary/aromatic N) is 6. The average molecular weight is 356 g/mol. The second-order valence-electron chi connectivity index (χ2n) is 5.13. The molecular weight excluding hydrogens is 341 g/mol. The van der Waals surface area contributed by atoms with Crippen molar-refractivity contribution in [1.29, 1.82) is 0 Å². The van der Waals surface area contributed by atoms with Crippen molar-refractivity contribution in [3.05, 3.63) is 52.3 Å². The van der Waals surface area contributed by atoms with Crippen LogP contribution in [0.25, 0.3) is 5.82 Å². The summed E-state index contributed by atoms with van der Waals surface area (Å²) >= 11 is 0. The van der Waals surface area contributed by atoms with Crippen LogP contribution in [-0.4, -0.2) is 29.3 Å². The van der Waals surface area contributed by atoms with Gasteiger partial charge in [0.1, 0.15) is 24.4 Å². The van der Waals surface area contributed by atoms with Gasteiger partial charge >= 0.3 is 12.0 Å². The zero-order chi connectivity index (χ0) is 19.1. The highest BCUT2D eigenvalue weighted by Crippen LogP contribution is 2.28. The summed E-state index contributed by atoms with van der Waals surface area (Å²) in [5.41, 5.74) is -0.559. The molecule has 2 aromatic heterocycles. The molecule has 3 aromatic rings. The number of alkyl halides is 3. The Morgan fingerprint density at radius 1 is 1.32 bits per heavy atom. The number of ether oxygens (including phenoxy) is 1. The summed E-state index contributed by atoms with van der Waals surface area (Å²) in [5, 5.41) is 6.99. The van der Waals surface area contributed by atoms with Gasteiger partial charge in [-0.1, -0.05) is 18.2 Å². The molecule has 11 heteroatoms. The van der Waals surface area contributed by atoms with E-state index in [1.54, 1.807) is 6.92 Å². The van der Waals surface area contributed by atoms with Gasteiger partial charge in [0, 0.05) is 7.05 Å². The predicted octanol–water partition coefficient (Wildman–Crippen LogP) is 1.53. The first-order valence-electron chi connectivity index (χ1n) is 7.51. The molecule has 0 saturated carbocycles. The van der Waals surface area contributed by atoms with Gasteiger partial charge in [0.15, 0.2) is 5.82 Å². The minimum atomic E-state index is -4.75. The molecular formula is C14H13F3N6O2. The molecule has 0 aliphatic rings. The number of benzene rings is 1. The minimum Gasteiger partial charge on any atom is -0.487 e. The molecule has 0 N–H and O–H groups in total. The van der Waals surface area contributed by atoms with Gasteiger partial charge in [-0.3, -0.25) is 0 Å². The quantitative estimate of drug-likeness (QED) is 0.708. The number of hydrogen-bond acceptors (Lipinski definition) is 5. The molecule has 25 heavy (non-hydrogen) atoms. The summed E-state index contributed by atoms with van der Waals surface area (Å²) in [4.78, 5) is 15.6. The van der Waals surface area contributed by atoms with E-state index >= 15 is 0 Å². The Kier molecular flexibility index (Phi) is 3.75. The van der Waals surface area contributed by atoms with Crippen LogP contribution in [0, 0.1) is 6.92 Å². The van der Waals surface area contributed by atoms with E-state index in [2.05, 4.69) is 15.4 Å². The van der Waals surface area contributed by atoms with Crippen molar-refractivity contribution in [2.24, 2.45) is 7.05 Å². The third-order valence-corrected chi connectivity index (χ3v) is 3.42. The first-order valence-corrected chi connectivity index (χ1v) is 7.01. The Bertz CT molecular complexity index is 1010. The third-order valence-electron chi connectivity index (χ3n) is 3.42. The predicted molar refractivity (Wildman–Crippen MR) is 79.2 cm³/mol. The standard InChI is InChI=1S/C14H13F3N6O2/c1-9-5-3-4-6-11(9)25-7-10-12(18-8-22(10)14(15,16)17)23-13(24)21(2)19-20-23/h3-6,8H,7H2,1-2H3/i3T. The van der Waals surface area contributed by atoms with E-state index in [0.717, 1.165) is 4.68 Å². The molecule has 0 unspecified atom stereocenters. The van der Waals surface area contributed by atoms with Crippen LogP contribution in [0.3, 0.4) is 0 Å². The summed E-state index contributed by atoms with van der Waals surface area (Å²) in [6.45, 7) is 1.15. The maximum absolute atomic E-state index is 13.3. The van der Waals surface area contributed by atoms with Crippen LogP contribution in [0.15, 0.2) is 35.4 Å². The lowest BCUT2D eigenvalue weighted by atomic mass is 10.2. The third kappa shape index (κ3) is 3.12. The SMILES string of the molecule is [3H]c1ccc(OCc2c(-n3nnn(C)c3=O)ncn2C(F)(F)F)c(C)c1. The number of para-hydroxylation sites is 1. The van der Waals surface area contributed by atoms with Crippen LogP contribution >= 0.6 is 0 Å².